The first-order valence-corrected chi connectivity index (χ1v) is 11.5. The smallest absolute Gasteiger partial charge is 0.227 e. The molecule has 5 heterocycles. The average molecular weight is 444 g/mol. The van der Waals surface area contributed by atoms with E-state index in [-0.39, 0.29) is 11.8 Å². The molecule has 1 fully saturated rings. The van der Waals surface area contributed by atoms with Crippen LogP contribution in [0, 0.1) is 5.92 Å². The Bertz CT molecular complexity index is 1290. The topological polar surface area (TPSA) is 106 Å². The summed E-state index contributed by atoms with van der Waals surface area (Å²) in [5.41, 5.74) is 3.84. The summed E-state index contributed by atoms with van der Waals surface area (Å²) in [6.07, 6.45) is 7.08. The van der Waals surface area contributed by atoms with E-state index in [2.05, 4.69) is 40.4 Å². The van der Waals surface area contributed by atoms with Gasteiger partial charge >= 0.3 is 0 Å². The van der Waals surface area contributed by atoms with Crippen molar-refractivity contribution in [1.82, 2.24) is 34.8 Å². The lowest BCUT2D eigenvalue weighted by Crippen LogP contribution is -2.38. The molecule has 2 aliphatic heterocycles. The van der Waals surface area contributed by atoms with Gasteiger partial charge in [-0.15, -0.1) is 14.8 Å². The number of amides is 1. The maximum atomic E-state index is 12.9. The molecule has 10 nitrogen and oxygen atoms in total. The molecule has 0 atom stereocenters. The van der Waals surface area contributed by atoms with Crippen LogP contribution in [0.2, 0.25) is 0 Å². The number of rotatable bonds is 4. The van der Waals surface area contributed by atoms with Gasteiger partial charge in [-0.3, -0.25) is 4.79 Å². The van der Waals surface area contributed by atoms with Crippen LogP contribution < -0.4 is 10.2 Å². The van der Waals surface area contributed by atoms with Crippen LogP contribution in [0.1, 0.15) is 31.4 Å². The molecular weight excluding hydrogens is 418 g/mol. The van der Waals surface area contributed by atoms with Gasteiger partial charge in [-0.25, -0.2) is 4.98 Å². The lowest BCUT2D eigenvalue weighted by molar-refractivity contribution is -0.120. The highest BCUT2D eigenvalue weighted by Gasteiger charge is 2.26. The van der Waals surface area contributed by atoms with Crippen LogP contribution in [0.15, 0.2) is 42.6 Å². The molecule has 3 aromatic heterocycles. The number of aryl methyl sites for hydroxylation is 1. The SMILES string of the molecule is O=C(Nc1ccc(-c2ncc3n2CCCC3)cc1)C1CCN(c2ccc3nnnn3n2)CC1. The van der Waals surface area contributed by atoms with Crippen LogP contribution in [-0.2, 0) is 17.8 Å². The van der Waals surface area contributed by atoms with Gasteiger partial charge in [0.25, 0.3) is 0 Å². The Morgan fingerprint density at radius 2 is 1.85 bits per heavy atom. The molecule has 0 spiro atoms. The van der Waals surface area contributed by atoms with E-state index in [1.54, 1.807) is 0 Å². The summed E-state index contributed by atoms with van der Waals surface area (Å²) in [6, 6.07) is 11.8. The van der Waals surface area contributed by atoms with Crippen LogP contribution in [0.5, 0.6) is 0 Å². The molecule has 168 valence electrons. The number of imidazole rings is 1. The third-order valence-electron chi connectivity index (χ3n) is 6.66. The van der Waals surface area contributed by atoms with Crippen molar-refractivity contribution in [2.24, 2.45) is 5.92 Å². The fourth-order valence-corrected chi connectivity index (χ4v) is 4.79. The van der Waals surface area contributed by atoms with Crippen molar-refractivity contribution in [1.29, 1.82) is 0 Å². The second kappa shape index (κ2) is 8.27. The first-order chi connectivity index (χ1) is 16.2. The minimum absolute atomic E-state index is 0.0167. The van der Waals surface area contributed by atoms with Gasteiger partial charge < -0.3 is 14.8 Å². The van der Waals surface area contributed by atoms with Crippen molar-refractivity contribution in [3.8, 4) is 11.4 Å². The monoisotopic (exact) mass is 443 g/mol. The maximum Gasteiger partial charge on any atom is 0.227 e. The number of nitrogens with one attached hydrogen (secondary N) is 1. The van der Waals surface area contributed by atoms with Crippen molar-refractivity contribution >= 4 is 23.1 Å². The van der Waals surface area contributed by atoms with Crippen molar-refractivity contribution in [2.45, 2.75) is 38.6 Å². The molecule has 0 bridgehead atoms. The molecule has 0 unspecified atom stereocenters. The van der Waals surface area contributed by atoms with Gasteiger partial charge in [0.1, 0.15) is 5.82 Å². The molecule has 10 heteroatoms. The molecule has 1 aromatic carbocycles. The number of aromatic nitrogens is 7. The first kappa shape index (κ1) is 19.8. The highest BCUT2D eigenvalue weighted by atomic mass is 16.1. The maximum absolute atomic E-state index is 12.9. The van der Waals surface area contributed by atoms with Crippen LogP contribution >= 0.6 is 0 Å². The van der Waals surface area contributed by atoms with E-state index in [0.717, 1.165) is 61.8 Å². The highest BCUT2D eigenvalue weighted by Crippen LogP contribution is 2.27. The van der Waals surface area contributed by atoms with Crippen molar-refractivity contribution in [2.75, 3.05) is 23.3 Å². The number of tetrazole rings is 1. The van der Waals surface area contributed by atoms with E-state index in [1.807, 2.05) is 42.6 Å². The van der Waals surface area contributed by atoms with Gasteiger partial charge in [-0.1, -0.05) is 0 Å². The van der Waals surface area contributed by atoms with E-state index >= 15 is 0 Å². The quantitative estimate of drug-likeness (QED) is 0.517. The Hall–Kier alpha value is -3.82. The molecule has 4 aromatic rings. The minimum atomic E-state index is -0.0167. The summed E-state index contributed by atoms with van der Waals surface area (Å²) in [6.45, 7) is 2.56. The number of benzene rings is 1. The molecule has 0 radical (unpaired) electrons. The van der Waals surface area contributed by atoms with Gasteiger partial charge in [0, 0.05) is 48.7 Å². The predicted molar refractivity (Wildman–Crippen MR) is 123 cm³/mol. The summed E-state index contributed by atoms with van der Waals surface area (Å²) < 4.78 is 3.74. The van der Waals surface area contributed by atoms with Gasteiger partial charge in [0.05, 0.1) is 0 Å². The zero-order chi connectivity index (χ0) is 22.2. The van der Waals surface area contributed by atoms with Crippen LogP contribution in [0.3, 0.4) is 0 Å². The largest absolute Gasteiger partial charge is 0.355 e. The second-order valence-electron chi connectivity index (χ2n) is 8.73. The van der Waals surface area contributed by atoms with Gasteiger partial charge in [-0.05, 0) is 78.9 Å². The van der Waals surface area contributed by atoms with Crippen molar-refractivity contribution in [3.63, 3.8) is 0 Å². The van der Waals surface area contributed by atoms with Gasteiger partial charge in [-0.2, -0.15) is 0 Å². The Kier molecular flexibility index (Phi) is 4.97. The third kappa shape index (κ3) is 3.81. The Morgan fingerprint density at radius 3 is 2.70 bits per heavy atom. The molecule has 33 heavy (non-hydrogen) atoms. The number of carbonyl (C=O) groups is 1. The Labute approximate surface area is 190 Å². The van der Waals surface area contributed by atoms with Crippen LogP contribution in [-0.4, -0.2) is 53.8 Å². The van der Waals surface area contributed by atoms with E-state index in [0.29, 0.717) is 5.65 Å². The minimum Gasteiger partial charge on any atom is -0.355 e. The Balaban J connectivity index is 1.07. The zero-order valence-electron chi connectivity index (χ0n) is 18.3. The van der Waals surface area contributed by atoms with E-state index in [4.69, 9.17) is 0 Å². The van der Waals surface area contributed by atoms with Crippen LogP contribution in [0.4, 0.5) is 11.5 Å². The van der Waals surface area contributed by atoms with E-state index in [1.165, 1.54) is 23.2 Å². The van der Waals surface area contributed by atoms with Crippen LogP contribution in [0.25, 0.3) is 17.0 Å². The highest BCUT2D eigenvalue weighted by molar-refractivity contribution is 5.93. The number of piperidine rings is 1. The lowest BCUT2D eigenvalue weighted by Gasteiger charge is -2.31. The summed E-state index contributed by atoms with van der Waals surface area (Å²) in [5.74, 6) is 1.90. The third-order valence-corrected chi connectivity index (χ3v) is 6.66. The summed E-state index contributed by atoms with van der Waals surface area (Å²) in [5, 5.41) is 18.9. The normalized spacial score (nSPS) is 16.7. The number of hydrogen-bond donors (Lipinski definition) is 1. The molecule has 1 N–H and O–H groups in total. The summed E-state index contributed by atoms with van der Waals surface area (Å²) in [4.78, 5) is 19.7. The molecule has 2 aliphatic rings. The van der Waals surface area contributed by atoms with Gasteiger partial charge in [0.15, 0.2) is 11.5 Å². The molecule has 1 amide bonds. The number of fused-ring (bicyclic) bond motifs is 2. The lowest BCUT2D eigenvalue weighted by atomic mass is 9.95. The molecule has 0 aliphatic carbocycles. The molecule has 6 rings (SSSR count). The van der Waals surface area contributed by atoms with E-state index < -0.39 is 0 Å². The Morgan fingerprint density at radius 1 is 1.00 bits per heavy atom. The fourth-order valence-electron chi connectivity index (χ4n) is 4.79. The van der Waals surface area contributed by atoms with Crippen molar-refractivity contribution in [3.05, 3.63) is 48.3 Å². The summed E-state index contributed by atoms with van der Waals surface area (Å²) >= 11 is 0. The van der Waals surface area contributed by atoms with Crippen molar-refractivity contribution < 1.29 is 4.79 Å². The first-order valence-electron chi connectivity index (χ1n) is 11.5. The number of carbonyl (C=O) groups excluding carboxylic acids is 1. The number of anilines is 2. The second-order valence-corrected chi connectivity index (χ2v) is 8.73. The zero-order valence-corrected chi connectivity index (χ0v) is 18.3. The number of hydrogen-bond acceptors (Lipinski definition) is 7. The average Bonchev–Trinajstić information content (AvgIpc) is 3.51. The molecular formula is C23H25N9O. The number of nitrogens with zero attached hydrogens (tertiary/aromatic N) is 8. The standard InChI is InChI=1S/C23H25N9O/c33-23(17-10-13-30(14-11-17)21-9-8-20-26-28-29-32(20)27-21)25-18-6-4-16(5-7-18)22-24-15-19-3-1-2-12-31(19)22/h4-9,15,17H,1-3,10-14H2,(H,25,33). The predicted octanol–water partition coefficient (Wildman–Crippen LogP) is 2.57. The molecule has 0 saturated carbocycles. The summed E-state index contributed by atoms with van der Waals surface area (Å²) in [7, 11) is 0. The van der Waals surface area contributed by atoms with Gasteiger partial charge in [0.2, 0.25) is 5.91 Å². The fraction of sp³-hybridized carbons (Fsp3) is 0.391. The van der Waals surface area contributed by atoms with E-state index in [9.17, 15) is 4.79 Å². The molecule has 1 saturated heterocycles.